The van der Waals surface area contributed by atoms with E-state index in [0.717, 1.165) is 4.31 Å². The highest BCUT2D eigenvalue weighted by atomic mass is 79.9. The monoisotopic (exact) mass is 400 g/mol. The van der Waals surface area contributed by atoms with Crippen molar-refractivity contribution in [1.82, 2.24) is 4.31 Å². The standard InChI is InChI=1S/C11H14BrClN2O5S/c1-15(4-3-10(16)17)21(18,19)14-9-6-7(13)5-8(12)11(9)20-2/h5-6,14H,3-4H2,1-2H3,(H,16,17). The highest BCUT2D eigenvalue weighted by Crippen LogP contribution is 2.36. The molecule has 0 amide bonds. The van der Waals surface area contributed by atoms with Gasteiger partial charge in [0.05, 0.1) is 23.7 Å². The molecule has 21 heavy (non-hydrogen) atoms. The number of carboxylic acid groups (broad SMARTS) is 1. The molecule has 0 saturated heterocycles. The van der Waals surface area contributed by atoms with E-state index < -0.39 is 16.2 Å². The van der Waals surface area contributed by atoms with Gasteiger partial charge < -0.3 is 9.84 Å². The van der Waals surface area contributed by atoms with Crippen LogP contribution in [0.25, 0.3) is 0 Å². The van der Waals surface area contributed by atoms with Gasteiger partial charge in [-0.1, -0.05) is 11.6 Å². The molecule has 0 bridgehead atoms. The highest BCUT2D eigenvalue weighted by molar-refractivity contribution is 9.10. The number of nitrogens with zero attached hydrogens (tertiary/aromatic N) is 1. The number of nitrogens with one attached hydrogen (secondary N) is 1. The topological polar surface area (TPSA) is 95.9 Å². The number of aliphatic carboxylic acids is 1. The third kappa shape index (κ3) is 5.03. The van der Waals surface area contributed by atoms with Gasteiger partial charge in [-0.3, -0.25) is 9.52 Å². The molecule has 0 aromatic heterocycles. The fourth-order valence-electron chi connectivity index (χ4n) is 1.43. The van der Waals surface area contributed by atoms with Crippen molar-refractivity contribution in [2.45, 2.75) is 6.42 Å². The third-order valence-corrected chi connectivity index (χ3v) is 4.79. The average molecular weight is 402 g/mol. The first kappa shape index (κ1) is 18.0. The lowest BCUT2D eigenvalue weighted by Crippen LogP contribution is -2.34. The maximum atomic E-state index is 12.1. The van der Waals surface area contributed by atoms with Crippen LogP contribution in [-0.2, 0) is 15.0 Å². The quantitative estimate of drug-likeness (QED) is 0.730. The van der Waals surface area contributed by atoms with Crippen molar-refractivity contribution in [3.8, 4) is 5.75 Å². The van der Waals surface area contributed by atoms with Gasteiger partial charge in [-0.05, 0) is 28.1 Å². The smallest absolute Gasteiger partial charge is 0.304 e. The summed E-state index contributed by atoms with van der Waals surface area (Å²) >= 11 is 9.10. The van der Waals surface area contributed by atoms with E-state index in [1.165, 1.54) is 20.2 Å². The summed E-state index contributed by atoms with van der Waals surface area (Å²) < 4.78 is 33.0. The number of carbonyl (C=O) groups is 1. The largest absolute Gasteiger partial charge is 0.493 e. The van der Waals surface area contributed by atoms with Gasteiger partial charge in [0.25, 0.3) is 0 Å². The van der Waals surface area contributed by atoms with Gasteiger partial charge in [0.1, 0.15) is 0 Å². The Morgan fingerprint density at radius 3 is 2.67 bits per heavy atom. The van der Waals surface area contributed by atoms with Crippen LogP contribution in [0.5, 0.6) is 5.75 Å². The first-order valence-corrected chi connectivity index (χ1v) is 8.27. The Kier molecular flexibility index (Phi) is 6.26. The van der Waals surface area contributed by atoms with Crippen molar-refractivity contribution in [2.75, 3.05) is 25.4 Å². The summed E-state index contributed by atoms with van der Waals surface area (Å²) in [5.74, 6) is -0.810. The van der Waals surface area contributed by atoms with E-state index in [0.29, 0.717) is 9.50 Å². The fourth-order valence-corrected chi connectivity index (χ4v) is 3.32. The number of benzene rings is 1. The molecule has 0 spiro atoms. The molecule has 0 radical (unpaired) electrons. The summed E-state index contributed by atoms with van der Waals surface area (Å²) in [7, 11) is -1.25. The molecule has 0 aliphatic heterocycles. The Morgan fingerprint density at radius 1 is 1.52 bits per heavy atom. The second-order valence-corrected chi connectivity index (χ2v) is 7.11. The molecule has 0 unspecified atom stereocenters. The lowest BCUT2D eigenvalue weighted by Gasteiger charge is -2.19. The number of methoxy groups -OCH3 is 1. The lowest BCUT2D eigenvalue weighted by molar-refractivity contribution is -0.137. The van der Waals surface area contributed by atoms with Crippen LogP contribution in [0.1, 0.15) is 6.42 Å². The molecule has 1 rings (SSSR count). The molecular formula is C11H14BrClN2O5S. The molecule has 118 valence electrons. The molecule has 1 aromatic carbocycles. The maximum absolute atomic E-state index is 12.1. The summed E-state index contributed by atoms with van der Waals surface area (Å²) in [6, 6.07) is 2.96. The fraction of sp³-hybridized carbons (Fsp3) is 0.364. The summed E-state index contributed by atoms with van der Waals surface area (Å²) in [6.45, 7) is -0.158. The van der Waals surface area contributed by atoms with Gasteiger partial charge in [-0.25, -0.2) is 0 Å². The predicted octanol–water partition coefficient (Wildman–Crippen LogP) is 2.17. The number of anilines is 1. The predicted molar refractivity (Wildman–Crippen MR) is 83.1 cm³/mol. The molecule has 1 aromatic rings. The van der Waals surface area contributed by atoms with E-state index >= 15 is 0 Å². The van der Waals surface area contributed by atoms with Crippen LogP contribution >= 0.6 is 27.5 Å². The first-order chi connectivity index (χ1) is 9.67. The van der Waals surface area contributed by atoms with Gasteiger partial charge in [0, 0.05) is 18.6 Å². The van der Waals surface area contributed by atoms with Crippen LogP contribution in [0.2, 0.25) is 5.02 Å². The SMILES string of the molecule is COc1c(Br)cc(Cl)cc1NS(=O)(=O)N(C)CCC(=O)O. The molecule has 0 aliphatic carbocycles. The average Bonchev–Trinajstić information content (AvgIpc) is 2.34. The van der Waals surface area contributed by atoms with Gasteiger partial charge in [0.2, 0.25) is 0 Å². The number of halogens is 2. The van der Waals surface area contributed by atoms with Gasteiger partial charge in [-0.15, -0.1) is 0 Å². The molecule has 0 fully saturated rings. The Bertz CT molecular complexity index is 638. The van der Waals surface area contributed by atoms with Crippen LogP contribution < -0.4 is 9.46 Å². The van der Waals surface area contributed by atoms with E-state index in [2.05, 4.69) is 20.7 Å². The molecular weight excluding hydrogens is 388 g/mol. The second kappa shape index (κ2) is 7.30. The summed E-state index contributed by atoms with van der Waals surface area (Å²) in [5, 5.41) is 8.90. The normalized spacial score (nSPS) is 11.5. The van der Waals surface area contributed by atoms with E-state index in [9.17, 15) is 13.2 Å². The molecule has 0 saturated carbocycles. The van der Waals surface area contributed by atoms with Crippen LogP contribution in [-0.4, -0.2) is 44.5 Å². The minimum Gasteiger partial charge on any atom is -0.493 e. The number of ether oxygens (including phenoxy) is 1. The Morgan fingerprint density at radius 2 is 2.14 bits per heavy atom. The lowest BCUT2D eigenvalue weighted by atomic mass is 10.3. The zero-order valence-electron chi connectivity index (χ0n) is 11.3. The van der Waals surface area contributed by atoms with E-state index in [1.807, 2.05) is 0 Å². The molecule has 0 atom stereocenters. The van der Waals surface area contributed by atoms with Gasteiger partial charge in [0.15, 0.2) is 5.75 Å². The van der Waals surface area contributed by atoms with Crippen molar-refractivity contribution < 1.29 is 23.1 Å². The van der Waals surface area contributed by atoms with Gasteiger partial charge >= 0.3 is 16.2 Å². The Balaban J connectivity index is 3.01. The Hall–Kier alpha value is -1.03. The van der Waals surface area contributed by atoms with Crippen LogP contribution in [0.15, 0.2) is 16.6 Å². The minimum absolute atomic E-state index is 0.152. The molecule has 0 aliphatic rings. The van der Waals surface area contributed by atoms with Crippen molar-refractivity contribution in [1.29, 1.82) is 0 Å². The zero-order chi connectivity index (χ0) is 16.2. The van der Waals surface area contributed by atoms with E-state index in [4.69, 9.17) is 21.4 Å². The maximum Gasteiger partial charge on any atom is 0.304 e. The van der Waals surface area contributed by atoms with Crippen molar-refractivity contribution in [3.05, 3.63) is 21.6 Å². The zero-order valence-corrected chi connectivity index (χ0v) is 14.4. The number of rotatable bonds is 7. The Labute approximate surface area is 136 Å². The van der Waals surface area contributed by atoms with Crippen molar-refractivity contribution in [2.24, 2.45) is 0 Å². The summed E-state index contributed by atoms with van der Waals surface area (Å²) in [6.07, 6.45) is -0.298. The first-order valence-electron chi connectivity index (χ1n) is 5.66. The van der Waals surface area contributed by atoms with Crippen LogP contribution in [0, 0.1) is 0 Å². The van der Waals surface area contributed by atoms with Crippen molar-refractivity contribution in [3.63, 3.8) is 0 Å². The summed E-state index contributed by atoms with van der Waals surface area (Å²) in [5.41, 5.74) is 0.152. The third-order valence-electron chi connectivity index (χ3n) is 2.50. The number of hydrogen-bond acceptors (Lipinski definition) is 4. The highest BCUT2D eigenvalue weighted by Gasteiger charge is 2.21. The van der Waals surface area contributed by atoms with Crippen LogP contribution in [0.4, 0.5) is 5.69 Å². The van der Waals surface area contributed by atoms with Crippen molar-refractivity contribution >= 4 is 49.4 Å². The molecule has 2 N–H and O–H groups in total. The molecule has 0 heterocycles. The summed E-state index contributed by atoms with van der Waals surface area (Å²) in [4.78, 5) is 10.5. The number of hydrogen-bond donors (Lipinski definition) is 2. The van der Waals surface area contributed by atoms with E-state index in [-0.39, 0.29) is 24.4 Å². The molecule has 10 heteroatoms. The second-order valence-electron chi connectivity index (χ2n) is 4.04. The van der Waals surface area contributed by atoms with Crippen LogP contribution in [0.3, 0.4) is 0 Å². The van der Waals surface area contributed by atoms with E-state index in [1.54, 1.807) is 6.07 Å². The van der Waals surface area contributed by atoms with Gasteiger partial charge in [-0.2, -0.15) is 12.7 Å². The molecule has 7 nitrogen and oxygen atoms in total. The minimum atomic E-state index is -3.91. The number of carboxylic acids is 1.